The number of hydrogen-bond donors (Lipinski definition) is 0. The normalized spacial score (nSPS) is 10.2. The Morgan fingerprint density at radius 2 is 1.50 bits per heavy atom. The van der Waals surface area contributed by atoms with Crippen LogP contribution in [0, 0.1) is 0 Å². The first-order valence-corrected chi connectivity index (χ1v) is 6.51. The first-order chi connectivity index (χ1) is 9.81. The van der Waals surface area contributed by atoms with Gasteiger partial charge in [-0.2, -0.15) is 0 Å². The first-order valence-electron chi connectivity index (χ1n) is 6.13. The topological polar surface area (TPSA) is 35.0 Å². The molecule has 0 fully saturated rings. The lowest BCUT2D eigenvalue weighted by Crippen LogP contribution is -1.87. The predicted molar refractivity (Wildman–Crippen MR) is 79.0 cm³/mol. The predicted octanol–water partition coefficient (Wildman–Crippen LogP) is 4.59. The molecule has 3 nitrogen and oxygen atoms in total. The Balaban J connectivity index is 1.81. The van der Waals surface area contributed by atoms with E-state index in [1.807, 2.05) is 60.7 Å². The second kappa shape index (κ2) is 5.72. The molecule has 0 N–H and O–H groups in total. The van der Waals surface area contributed by atoms with E-state index in [1.165, 1.54) is 0 Å². The van der Waals surface area contributed by atoms with Gasteiger partial charge in [-0.3, -0.25) is 0 Å². The summed E-state index contributed by atoms with van der Waals surface area (Å²) in [6.07, 6.45) is 1.64. The van der Waals surface area contributed by atoms with Gasteiger partial charge >= 0.3 is 0 Å². The van der Waals surface area contributed by atoms with Crippen molar-refractivity contribution in [2.45, 2.75) is 0 Å². The molecule has 2 aromatic carbocycles. The lowest BCUT2D eigenvalue weighted by Gasteiger charge is -2.06. The molecular formula is C16H11ClN2O. The zero-order chi connectivity index (χ0) is 13.8. The van der Waals surface area contributed by atoms with Crippen LogP contribution in [0.25, 0.3) is 11.3 Å². The number of para-hydroxylation sites is 1. The summed E-state index contributed by atoms with van der Waals surface area (Å²) in [5.74, 6) is 1.59. The van der Waals surface area contributed by atoms with Crippen LogP contribution < -0.4 is 4.74 Å². The van der Waals surface area contributed by atoms with Crippen LogP contribution in [0.5, 0.6) is 11.5 Å². The summed E-state index contributed by atoms with van der Waals surface area (Å²) in [5.41, 5.74) is 1.76. The SMILES string of the molecule is Clc1nccc(-c2ccc(Oc3ccccc3)cc2)n1. The maximum Gasteiger partial charge on any atom is 0.222 e. The Kier molecular flexibility index (Phi) is 3.61. The van der Waals surface area contributed by atoms with E-state index in [2.05, 4.69) is 9.97 Å². The molecule has 0 aliphatic rings. The van der Waals surface area contributed by atoms with Crippen LogP contribution in [-0.2, 0) is 0 Å². The van der Waals surface area contributed by atoms with Crippen molar-refractivity contribution in [2.24, 2.45) is 0 Å². The summed E-state index contributed by atoms with van der Waals surface area (Å²) in [7, 11) is 0. The number of benzene rings is 2. The van der Waals surface area contributed by atoms with E-state index >= 15 is 0 Å². The number of halogens is 1. The summed E-state index contributed by atoms with van der Waals surface area (Å²) in [5, 5.41) is 0.243. The molecule has 0 atom stereocenters. The fourth-order valence-electron chi connectivity index (χ4n) is 1.81. The van der Waals surface area contributed by atoms with Gasteiger partial charge in [0.25, 0.3) is 0 Å². The maximum absolute atomic E-state index is 5.79. The van der Waals surface area contributed by atoms with Gasteiger partial charge in [-0.15, -0.1) is 0 Å². The molecule has 3 rings (SSSR count). The average Bonchev–Trinajstić information content (AvgIpc) is 2.49. The fraction of sp³-hybridized carbons (Fsp3) is 0. The number of rotatable bonds is 3. The maximum atomic E-state index is 5.79. The largest absolute Gasteiger partial charge is 0.457 e. The van der Waals surface area contributed by atoms with E-state index in [9.17, 15) is 0 Å². The minimum atomic E-state index is 0.243. The Morgan fingerprint density at radius 1 is 0.800 bits per heavy atom. The van der Waals surface area contributed by atoms with E-state index in [0.717, 1.165) is 22.8 Å². The van der Waals surface area contributed by atoms with Crippen LogP contribution in [0.15, 0.2) is 66.9 Å². The Labute approximate surface area is 121 Å². The van der Waals surface area contributed by atoms with Crippen LogP contribution in [0.2, 0.25) is 5.28 Å². The molecule has 20 heavy (non-hydrogen) atoms. The molecule has 0 unspecified atom stereocenters. The van der Waals surface area contributed by atoms with E-state index in [0.29, 0.717) is 0 Å². The smallest absolute Gasteiger partial charge is 0.222 e. The van der Waals surface area contributed by atoms with Crippen molar-refractivity contribution in [3.8, 4) is 22.8 Å². The van der Waals surface area contributed by atoms with Gasteiger partial charge in [-0.25, -0.2) is 9.97 Å². The van der Waals surface area contributed by atoms with Crippen LogP contribution >= 0.6 is 11.6 Å². The van der Waals surface area contributed by atoms with Gasteiger partial charge in [0.15, 0.2) is 0 Å². The third kappa shape index (κ3) is 2.95. The third-order valence-electron chi connectivity index (χ3n) is 2.76. The number of aromatic nitrogens is 2. The van der Waals surface area contributed by atoms with Gasteiger partial charge in [-0.1, -0.05) is 18.2 Å². The molecule has 0 spiro atoms. The molecule has 0 saturated carbocycles. The van der Waals surface area contributed by atoms with Gasteiger partial charge in [0, 0.05) is 11.8 Å². The second-order valence-electron chi connectivity index (χ2n) is 4.15. The van der Waals surface area contributed by atoms with Gasteiger partial charge in [-0.05, 0) is 54.1 Å². The van der Waals surface area contributed by atoms with Gasteiger partial charge in [0.2, 0.25) is 5.28 Å². The lowest BCUT2D eigenvalue weighted by molar-refractivity contribution is 0.483. The molecule has 0 bridgehead atoms. The summed E-state index contributed by atoms with van der Waals surface area (Å²) in [6, 6.07) is 19.2. The van der Waals surface area contributed by atoms with Crippen molar-refractivity contribution in [3.63, 3.8) is 0 Å². The average molecular weight is 283 g/mol. The van der Waals surface area contributed by atoms with Crippen molar-refractivity contribution in [1.29, 1.82) is 0 Å². The molecule has 0 saturated heterocycles. The molecule has 3 aromatic rings. The molecular weight excluding hydrogens is 272 g/mol. The quantitative estimate of drug-likeness (QED) is 0.659. The molecule has 4 heteroatoms. The van der Waals surface area contributed by atoms with E-state index in [-0.39, 0.29) is 5.28 Å². The Morgan fingerprint density at radius 3 is 2.20 bits per heavy atom. The highest BCUT2D eigenvalue weighted by molar-refractivity contribution is 6.28. The standard InChI is InChI=1S/C16H11ClN2O/c17-16-18-11-10-15(19-16)12-6-8-14(9-7-12)20-13-4-2-1-3-5-13/h1-11H. The Bertz CT molecular complexity index is 699. The molecule has 0 aliphatic heterocycles. The number of ether oxygens (including phenoxy) is 1. The van der Waals surface area contributed by atoms with E-state index in [4.69, 9.17) is 16.3 Å². The second-order valence-corrected chi connectivity index (χ2v) is 4.49. The lowest BCUT2D eigenvalue weighted by atomic mass is 10.1. The number of hydrogen-bond acceptors (Lipinski definition) is 3. The summed E-state index contributed by atoms with van der Waals surface area (Å²) < 4.78 is 5.73. The summed E-state index contributed by atoms with van der Waals surface area (Å²) in [4.78, 5) is 8.04. The van der Waals surface area contributed by atoms with Crippen LogP contribution in [0.4, 0.5) is 0 Å². The third-order valence-corrected chi connectivity index (χ3v) is 2.94. The summed E-state index contributed by atoms with van der Waals surface area (Å²) in [6.45, 7) is 0. The van der Waals surface area contributed by atoms with Crippen LogP contribution in [0.1, 0.15) is 0 Å². The van der Waals surface area contributed by atoms with E-state index < -0.39 is 0 Å². The van der Waals surface area contributed by atoms with Crippen molar-refractivity contribution >= 4 is 11.6 Å². The highest BCUT2D eigenvalue weighted by Crippen LogP contribution is 2.24. The minimum Gasteiger partial charge on any atom is -0.457 e. The first kappa shape index (κ1) is 12.6. The molecule has 1 heterocycles. The fourth-order valence-corrected chi connectivity index (χ4v) is 1.96. The Hall–Kier alpha value is -2.39. The molecule has 1 aromatic heterocycles. The van der Waals surface area contributed by atoms with Gasteiger partial charge < -0.3 is 4.74 Å². The number of nitrogens with zero attached hydrogens (tertiary/aromatic N) is 2. The monoisotopic (exact) mass is 282 g/mol. The van der Waals surface area contributed by atoms with Crippen LogP contribution in [-0.4, -0.2) is 9.97 Å². The van der Waals surface area contributed by atoms with Crippen molar-refractivity contribution in [2.75, 3.05) is 0 Å². The van der Waals surface area contributed by atoms with Gasteiger partial charge in [0.1, 0.15) is 11.5 Å². The van der Waals surface area contributed by atoms with Crippen LogP contribution in [0.3, 0.4) is 0 Å². The molecule has 0 aliphatic carbocycles. The zero-order valence-corrected chi connectivity index (χ0v) is 11.3. The van der Waals surface area contributed by atoms with Crippen molar-refractivity contribution in [1.82, 2.24) is 9.97 Å². The summed E-state index contributed by atoms with van der Waals surface area (Å²) >= 11 is 5.79. The zero-order valence-electron chi connectivity index (χ0n) is 10.5. The molecule has 98 valence electrons. The molecule has 0 amide bonds. The van der Waals surface area contributed by atoms with E-state index in [1.54, 1.807) is 6.20 Å². The minimum absolute atomic E-state index is 0.243. The highest BCUT2D eigenvalue weighted by Gasteiger charge is 2.02. The van der Waals surface area contributed by atoms with Crippen molar-refractivity contribution < 1.29 is 4.74 Å². The molecule has 0 radical (unpaired) electrons. The van der Waals surface area contributed by atoms with Crippen molar-refractivity contribution in [3.05, 3.63) is 72.1 Å². The van der Waals surface area contributed by atoms with Gasteiger partial charge in [0.05, 0.1) is 5.69 Å². The highest BCUT2D eigenvalue weighted by atomic mass is 35.5.